The maximum absolute atomic E-state index is 6.18. The average Bonchev–Trinajstić information content (AvgIpc) is 3.19. The Hall–Kier alpha value is -3.33. The van der Waals surface area contributed by atoms with Crippen LogP contribution in [0.15, 0.2) is 71.4 Å². The first kappa shape index (κ1) is 12.1. The zero-order chi connectivity index (χ0) is 16.1. The molecule has 0 saturated heterocycles. The molecule has 3 aromatic heterocycles. The molecule has 0 atom stereocenters. The van der Waals surface area contributed by atoms with E-state index in [1.54, 1.807) is 0 Å². The van der Waals surface area contributed by atoms with Gasteiger partial charge in [0.2, 0.25) is 12.2 Å². The minimum atomic E-state index is 0.803. The van der Waals surface area contributed by atoms with Crippen molar-refractivity contribution in [3.63, 3.8) is 0 Å². The molecule has 116 valence electrons. The smallest absolute Gasteiger partial charge is 0.228 e. The van der Waals surface area contributed by atoms with E-state index in [2.05, 4.69) is 76.1 Å². The number of hydrogen-bond donors (Lipinski definition) is 0. The van der Waals surface area contributed by atoms with Crippen LogP contribution >= 0.6 is 0 Å². The van der Waals surface area contributed by atoms with Crippen LogP contribution < -0.4 is 4.57 Å². The lowest BCUT2D eigenvalue weighted by Gasteiger charge is -2.05. The predicted molar refractivity (Wildman–Crippen MR) is 99.8 cm³/mol. The SMILES string of the molecule is c1ccc2c(c1)c1ccc3oc4cccn5c4c3c1c1c2cc[n+]1C5. The number of pyridine rings is 1. The molecule has 0 radical (unpaired) electrons. The standard InChI is InChI=1S/C22H13N2O/c1-2-5-14-13(4-1)15-7-8-17-20-19(15)21-16(14)9-11-24(21)12-23-10-3-6-18(25-17)22(20)23/h1-11H,12H2/q+1. The molecule has 1 aliphatic rings. The van der Waals surface area contributed by atoms with E-state index in [1.165, 1.54) is 43.4 Å². The Bertz CT molecular complexity index is 1520. The normalized spacial score (nSPS) is 13.4. The van der Waals surface area contributed by atoms with E-state index >= 15 is 0 Å². The van der Waals surface area contributed by atoms with Crippen LogP contribution in [0.4, 0.5) is 0 Å². The lowest BCUT2D eigenvalue weighted by molar-refractivity contribution is -0.672. The van der Waals surface area contributed by atoms with E-state index in [9.17, 15) is 0 Å². The minimum Gasteiger partial charge on any atom is -0.454 e. The second kappa shape index (κ2) is 3.83. The topological polar surface area (TPSA) is 21.9 Å². The quantitative estimate of drug-likeness (QED) is 0.286. The van der Waals surface area contributed by atoms with Gasteiger partial charge in [-0.2, -0.15) is 4.57 Å². The molecule has 3 nitrogen and oxygen atoms in total. The molecule has 0 spiro atoms. The van der Waals surface area contributed by atoms with Crippen molar-refractivity contribution < 1.29 is 8.98 Å². The average molecular weight is 321 g/mol. The first-order valence-electron chi connectivity index (χ1n) is 8.57. The molecular weight excluding hydrogens is 308 g/mol. The molecule has 0 aliphatic carbocycles. The summed E-state index contributed by atoms with van der Waals surface area (Å²) < 4.78 is 10.8. The molecule has 0 unspecified atom stereocenters. The first-order valence-corrected chi connectivity index (χ1v) is 8.57. The fraction of sp³-hybridized carbons (Fsp3) is 0.0455. The molecule has 3 aromatic carbocycles. The van der Waals surface area contributed by atoms with Gasteiger partial charge in [-0.15, -0.1) is 0 Å². The van der Waals surface area contributed by atoms with E-state index in [1.807, 2.05) is 0 Å². The van der Waals surface area contributed by atoms with Crippen molar-refractivity contribution in [1.82, 2.24) is 4.57 Å². The van der Waals surface area contributed by atoms with Gasteiger partial charge in [-0.25, -0.2) is 0 Å². The van der Waals surface area contributed by atoms with E-state index in [4.69, 9.17) is 4.42 Å². The lowest BCUT2D eigenvalue weighted by Crippen LogP contribution is -2.35. The van der Waals surface area contributed by atoms with Gasteiger partial charge in [0.05, 0.1) is 16.2 Å². The molecule has 25 heavy (non-hydrogen) atoms. The number of aromatic nitrogens is 2. The van der Waals surface area contributed by atoms with Crippen LogP contribution in [-0.2, 0) is 6.67 Å². The van der Waals surface area contributed by atoms with E-state index in [0.717, 1.165) is 17.8 Å². The van der Waals surface area contributed by atoms with E-state index in [-0.39, 0.29) is 0 Å². The van der Waals surface area contributed by atoms with E-state index < -0.39 is 0 Å². The minimum absolute atomic E-state index is 0.803. The van der Waals surface area contributed by atoms with Crippen LogP contribution in [0.2, 0.25) is 0 Å². The molecule has 1 aliphatic heterocycles. The van der Waals surface area contributed by atoms with Gasteiger partial charge in [0.25, 0.3) is 0 Å². The Morgan fingerprint density at radius 1 is 0.760 bits per heavy atom. The molecule has 7 rings (SSSR count). The summed E-state index contributed by atoms with van der Waals surface area (Å²) in [6, 6.07) is 19.4. The van der Waals surface area contributed by atoms with Crippen molar-refractivity contribution in [2.24, 2.45) is 0 Å². The third-order valence-corrected chi connectivity index (χ3v) is 5.67. The summed E-state index contributed by atoms with van der Waals surface area (Å²) in [6.07, 6.45) is 4.36. The summed E-state index contributed by atoms with van der Waals surface area (Å²) in [7, 11) is 0. The second-order valence-corrected chi connectivity index (χ2v) is 6.89. The van der Waals surface area contributed by atoms with Crippen LogP contribution in [0.25, 0.3) is 54.5 Å². The number of nitrogens with zero attached hydrogens (tertiary/aromatic N) is 2. The van der Waals surface area contributed by atoms with Crippen LogP contribution in [0, 0.1) is 0 Å². The van der Waals surface area contributed by atoms with Crippen molar-refractivity contribution in [3.05, 3.63) is 67.0 Å². The van der Waals surface area contributed by atoms with Gasteiger partial charge in [0.1, 0.15) is 11.1 Å². The monoisotopic (exact) mass is 321 g/mol. The van der Waals surface area contributed by atoms with Crippen LogP contribution in [0.5, 0.6) is 0 Å². The van der Waals surface area contributed by atoms with Gasteiger partial charge in [0, 0.05) is 12.3 Å². The van der Waals surface area contributed by atoms with Gasteiger partial charge < -0.3 is 4.42 Å². The summed E-state index contributed by atoms with van der Waals surface area (Å²) in [5, 5.41) is 7.80. The maximum atomic E-state index is 6.18. The highest BCUT2D eigenvalue weighted by atomic mass is 16.3. The Balaban J connectivity index is 1.98. The van der Waals surface area contributed by atoms with Crippen molar-refractivity contribution in [1.29, 1.82) is 0 Å². The molecule has 0 saturated carbocycles. The maximum Gasteiger partial charge on any atom is 0.228 e. The number of benzene rings is 3. The highest BCUT2D eigenvalue weighted by Gasteiger charge is 2.26. The fourth-order valence-electron chi connectivity index (χ4n) is 4.69. The summed E-state index contributed by atoms with van der Waals surface area (Å²) in [6.45, 7) is 0.803. The van der Waals surface area contributed by atoms with Gasteiger partial charge in [-0.1, -0.05) is 24.3 Å². The summed E-state index contributed by atoms with van der Waals surface area (Å²) in [4.78, 5) is 0. The Morgan fingerprint density at radius 2 is 1.64 bits per heavy atom. The molecular formula is C22H13N2O+. The first-order chi connectivity index (χ1) is 12.4. The fourth-order valence-corrected chi connectivity index (χ4v) is 4.69. The van der Waals surface area contributed by atoms with Crippen molar-refractivity contribution in [2.45, 2.75) is 6.67 Å². The lowest BCUT2D eigenvalue weighted by atomic mass is 9.96. The Labute approximate surface area is 142 Å². The van der Waals surface area contributed by atoms with Gasteiger partial charge >= 0.3 is 0 Å². The van der Waals surface area contributed by atoms with E-state index in [0.29, 0.717) is 0 Å². The molecule has 0 bridgehead atoms. The van der Waals surface area contributed by atoms with Crippen molar-refractivity contribution in [3.8, 4) is 0 Å². The number of hydrogen-bond acceptors (Lipinski definition) is 1. The number of rotatable bonds is 0. The predicted octanol–water partition coefficient (Wildman–Crippen LogP) is 4.95. The number of fused-ring (bicyclic) bond motifs is 3. The van der Waals surface area contributed by atoms with Gasteiger partial charge in [0.15, 0.2) is 11.8 Å². The molecule has 4 heterocycles. The Kier molecular flexibility index (Phi) is 1.85. The second-order valence-electron chi connectivity index (χ2n) is 6.89. The summed E-state index contributed by atoms with van der Waals surface area (Å²) in [5.41, 5.74) is 4.43. The van der Waals surface area contributed by atoms with Crippen molar-refractivity contribution >= 4 is 54.5 Å². The third kappa shape index (κ3) is 1.26. The van der Waals surface area contributed by atoms with Crippen LogP contribution in [0.3, 0.4) is 0 Å². The molecule has 0 fully saturated rings. The van der Waals surface area contributed by atoms with Gasteiger partial charge in [-0.3, -0.25) is 4.57 Å². The van der Waals surface area contributed by atoms with Crippen molar-refractivity contribution in [2.75, 3.05) is 0 Å². The molecule has 0 amide bonds. The zero-order valence-electron chi connectivity index (χ0n) is 13.4. The summed E-state index contributed by atoms with van der Waals surface area (Å²) >= 11 is 0. The van der Waals surface area contributed by atoms with Crippen LogP contribution in [-0.4, -0.2) is 4.57 Å². The zero-order valence-corrected chi connectivity index (χ0v) is 13.4. The highest BCUT2D eigenvalue weighted by molar-refractivity contribution is 6.32. The van der Waals surface area contributed by atoms with Crippen LogP contribution in [0.1, 0.15) is 0 Å². The highest BCUT2D eigenvalue weighted by Crippen LogP contribution is 2.42. The molecule has 6 aromatic rings. The Morgan fingerprint density at radius 3 is 2.56 bits per heavy atom. The third-order valence-electron chi connectivity index (χ3n) is 5.67. The molecule has 0 N–H and O–H groups in total. The van der Waals surface area contributed by atoms with Gasteiger partial charge in [-0.05, 0) is 40.4 Å². The molecule has 3 heteroatoms. The largest absolute Gasteiger partial charge is 0.454 e. The summed E-state index contributed by atoms with van der Waals surface area (Å²) in [5.74, 6) is 0. The number of furan rings is 1.